The van der Waals surface area contributed by atoms with Crippen LogP contribution in [-0.2, 0) is 0 Å². The number of ether oxygens (including phenoxy) is 1. The van der Waals surface area contributed by atoms with E-state index in [1.165, 1.54) is 25.0 Å². The Kier molecular flexibility index (Phi) is 6.43. The van der Waals surface area contributed by atoms with Crippen LogP contribution in [0.25, 0.3) is 0 Å². The molecule has 19 heavy (non-hydrogen) atoms. The zero-order valence-electron chi connectivity index (χ0n) is 12.4. The maximum Gasteiger partial charge on any atom is 1.00 e. The van der Waals surface area contributed by atoms with E-state index >= 15 is 0 Å². The number of hydrogen-bond acceptors (Lipinski definition) is 1. The van der Waals surface area contributed by atoms with Crippen LogP contribution in [0.2, 0.25) is 0 Å². The van der Waals surface area contributed by atoms with Crippen molar-refractivity contribution in [1.82, 2.24) is 0 Å². The fourth-order valence-corrected chi connectivity index (χ4v) is 2.88. The summed E-state index contributed by atoms with van der Waals surface area (Å²) in [6.45, 7) is 6.79. The van der Waals surface area contributed by atoms with Crippen LogP contribution in [0.4, 0.5) is 4.39 Å². The van der Waals surface area contributed by atoms with E-state index in [-0.39, 0.29) is 30.8 Å². The third kappa shape index (κ3) is 4.55. The fraction of sp³-hybridized carbons (Fsp3) is 0.625. The standard InChI is InChI=1S/C16H22FO.Li/c1-11(2)15-9-4-12(3)10-16(15)18-14-7-5-13(17)6-8-14;/h5-7,11-12,15-16H,4,9-10H2,1-3H3;/q-1;+1/t12-,15+,16-;/m1./s1. The molecule has 0 amide bonds. The summed E-state index contributed by atoms with van der Waals surface area (Å²) in [5, 5.41) is 0. The van der Waals surface area contributed by atoms with Crippen LogP contribution >= 0.6 is 0 Å². The maximum atomic E-state index is 12.8. The van der Waals surface area contributed by atoms with Gasteiger partial charge in [-0.25, -0.2) is 0 Å². The van der Waals surface area contributed by atoms with Crippen LogP contribution in [0.5, 0.6) is 5.75 Å². The topological polar surface area (TPSA) is 9.23 Å². The molecule has 2 rings (SSSR count). The molecule has 1 aromatic rings. The molecule has 1 nitrogen and oxygen atoms in total. The Hall–Kier alpha value is -0.453. The van der Waals surface area contributed by atoms with E-state index in [9.17, 15) is 4.39 Å². The summed E-state index contributed by atoms with van der Waals surface area (Å²) >= 11 is 0. The molecule has 0 heterocycles. The fourth-order valence-electron chi connectivity index (χ4n) is 2.88. The molecule has 0 aliphatic heterocycles. The quantitative estimate of drug-likeness (QED) is 0.588. The summed E-state index contributed by atoms with van der Waals surface area (Å²) in [4.78, 5) is 0. The minimum absolute atomic E-state index is 0. The molecule has 0 saturated heterocycles. The molecule has 0 N–H and O–H groups in total. The first kappa shape index (κ1) is 16.6. The number of rotatable bonds is 3. The Labute approximate surface area is 128 Å². The second-order valence-corrected chi connectivity index (χ2v) is 5.85. The van der Waals surface area contributed by atoms with Gasteiger partial charge in [0.2, 0.25) is 0 Å². The molecule has 0 spiro atoms. The van der Waals surface area contributed by atoms with Gasteiger partial charge in [-0.3, -0.25) is 4.39 Å². The average molecular weight is 256 g/mol. The Morgan fingerprint density at radius 2 is 2.05 bits per heavy atom. The van der Waals surface area contributed by atoms with Crippen molar-refractivity contribution in [2.45, 2.75) is 46.1 Å². The molecule has 0 aromatic heterocycles. The van der Waals surface area contributed by atoms with Gasteiger partial charge < -0.3 is 4.74 Å². The van der Waals surface area contributed by atoms with Crippen molar-refractivity contribution in [2.75, 3.05) is 0 Å². The first-order chi connectivity index (χ1) is 8.56. The van der Waals surface area contributed by atoms with E-state index < -0.39 is 0 Å². The van der Waals surface area contributed by atoms with Crippen molar-refractivity contribution in [2.24, 2.45) is 17.8 Å². The predicted octanol–water partition coefficient (Wildman–Crippen LogP) is 1.47. The van der Waals surface area contributed by atoms with Crippen LogP contribution in [0, 0.1) is 29.6 Å². The summed E-state index contributed by atoms with van der Waals surface area (Å²) in [5.74, 6) is 2.34. The van der Waals surface area contributed by atoms with E-state index in [0.29, 0.717) is 23.5 Å². The molecule has 0 radical (unpaired) electrons. The predicted molar refractivity (Wildman–Crippen MR) is 71.0 cm³/mol. The maximum absolute atomic E-state index is 12.8. The van der Waals surface area contributed by atoms with Crippen LogP contribution in [0.15, 0.2) is 18.2 Å². The molecule has 0 unspecified atom stereocenters. The Morgan fingerprint density at radius 3 is 2.63 bits per heavy atom. The van der Waals surface area contributed by atoms with E-state index in [1.807, 2.05) is 0 Å². The van der Waals surface area contributed by atoms with Crippen molar-refractivity contribution in [3.63, 3.8) is 0 Å². The second-order valence-electron chi connectivity index (χ2n) is 5.85. The minimum atomic E-state index is -0.264. The molecule has 1 aliphatic carbocycles. The van der Waals surface area contributed by atoms with E-state index in [1.54, 1.807) is 6.07 Å². The van der Waals surface area contributed by atoms with Gasteiger partial charge in [0.25, 0.3) is 0 Å². The van der Waals surface area contributed by atoms with Gasteiger partial charge in [-0.05, 0) is 30.6 Å². The second kappa shape index (κ2) is 7.36. The van der Waals surface area contributed by atoms with Gasteiger partial charge in [0, 0.05) is 11.6 Å². The van der Waals surface area contributed by atoms with Crippen LogP contribution in [0.1, 0.15) is 40.0 Å². The van der Waals surface area contributed by atoms with Crippen LogP contribution in [-0.4, -0.2) is 6.10 Å². The van der Waals surface area contributed by atoms with Gasteiger partial charge in [0.15, 0.2) is 0 Å². The van der Waals surface area contributed by atoms with Gasteiger partial charge in [0.05, 0.1) is 6.10 Å². The summed E-state index contributed by atoms with van der Waals surface area (Å²) in [7, 11) is 0. The van der Waals surface area contributed by atoms with E-state index in [0.717, 1.165) is 6.42 Å². The third-order valence-corrected chi connectivity index (χ3v) is 3.99. The molecular weight excluding hydrogens is 234 g/mol. The first-order valence-corrected chi connectivity index (χ1v) is 6.90. The summed E-state index contributed by atoms with van der Waals surface area (Å²) in [5.41, 5.74) is 0. The molecule has 1 aromatic carbocycles. The molecule has 100 valence electrons. The molecule has 1 fully saturated rings. The smallest absolute Gasteiger partial charge is 0.516 e. The summed E-state index contributed by atoms with van der Waals surface area (Å²) < 4.78 is 18.9. The SMILES string of the molecule is CC(C)[C@@H]1CC[C@@H](C)C[C@H]1Oc1[c-]cc(F)cc1.[Li+]. The molecule has 3 heteroatoms. The van der Waals surface area contributed by atoms with Crippen molar-refractivity contribution in [1.29, 1.82) is 0 Å². The van der Waals surface area contributed by atoms with Gasteiger partial charge in [-0.1, -0.05) is 27.2 Å². The van der Waals surface area contributed by atoms with Gasteiger partial charge in [0.1, 0.15) is 0 Å². The average Bonchev–Trinajstić information content (AvgIpc) is 2.32. The molecule has 0 bridgehead atoms. The molecule has 3 atom stereocenters. The van der Waals surface area contributed by atoms with Crippen LogP contribution in [0.3, 0.4) is 0 Å². The largest absolute Gasteiger partial charge is 1.00 e. The molecule has 1 aliphatic rings. The number of halogens is 1. The minimum Gasteiger partial charge on any atom is -0.516 e. The van der Waals surface area contributed by atoms with E-state index in [2.05, 4.69) is 26.8 Å². The van der Waals surface area contributed by atoms with E-state index in [4.69, 9.17) is 4.74 Å². The van der Waals surface area contributed by atoms with Crippen molar-refractivity contribution >= 4 is 0 Å². The Balaban J connectivity index is 0.00000180. The Bertz CT molecular complexity index is 377. The first-order valence-electron chi connectivity index (χ1n) is 6.90. The number of hydrogen-bond donors (Lipinski definition) is 0. The normalized spacial score (nSPS) is 26.9. The summed E-state index contributed by atoms with van der Waals surface area (Å²) in [6.07, 6.45) is 3.85. The monoisotopic (exact) mass is 256 g/mol. The van der Waals surface area contributed by atoms with Gasteiger partial charge in [-0.2, -0.15) is 0 Å². The summed E-state index contributed by atoms with van der Waals surface area (Å²) in [6, 6.07) is 7.31. The van der Waals surface area contributed by atoms with Crippen molar-refractivity contribution in [3.8, 4) is 5.75 Å². The zero-order valence-corrected chi connectivity index (χ0v) is 12.4. The Morgan fingerprint density at radius 1 is 1.32 bits per heavy atom. The number of benzene rings is 1. The molecular formula is C16H22FLiO. The van der Waals surface area contributed by atoms with Crippen molar-refractivity contribution in [3.05, 3.63) is 30.1 Å². The zero-order chi connectivity index (χ0) is 13.1. The molecule has 1 saturated carbocycles. The third-order valence-electron chi connectivity index (χ3n) is 3.99. The van der Waals surface area contributed by atoms with Crippen LogP contribution < -0.4 is 23.6 Å². The van der Waals surface area contributed by atoms with Gasteiger partial charge >= 0.3 is 18.9 Å². The van der Waals surface area contributed by atoms with Crippen molar-refractivity contribution < 1.29 is 28.0 Å². The van der Waals surface area contributed by atoms with Gasteiger partial charge in [-0.15, -0.1) is 24.3 Å².